The predicted octanol–water partition coefficient (Wildman–Crippen LogP) is 3.15. The summed E-state index contributed by atoms with van der Waals surface area (Å²) in [5.41, 5.74) is 0.463. The fourth-order valence-electron chi connectivity index (χ4n) is 1.17. The molecule has 0 aliphatic carbocycles. The van der Waals surface area contributed by atoms with Crippen molar-refractivity contribution in [3.05, 3.63) is 0 Å². The Balaban J connectivity index is 3.49. The lowest BCUT2D eigenvalue weighted by Gasteiger charge is -2.21. The van der Waals surface area contributed by atoms with Gasteiger partial charge in [-0.05, 0) is 31.1 Å². The fourth-order valence-corrected chi connectivity index (χ4v) is 1.93. The molecule has 1 atom stereocenters. The SMILES string of the molecule is CCC(CSC)NCCC(C)(C)C. The standard InChI is InChI=1S/C11H25NS/c1-6-10(9-13-5)12-8-7-11(2,3)4/h10,12H,6-9H2,1-5H3. The molecule has 1 nitrogen and oxygen atoms in total. The zero-order valence-electron chi connectivity index (χ0n) is 9.81. The molecule has 0 spiro atoms. The van der Waals surface area contributed by atoms with Gasteiger partial charge in [-0.2, -0.15) is 11.8 Å². The molecule has 13 heavy (non-hydrogen) atoms. The van der Waals surface area contributed by atoms with Crippen LogP contribution in [0.4, 0.5) is 0 Å². The molecule has 0 saturated heterocycles. The van der Waals surface area contributed by atoms with E-state index in [9.17, 15) is 0 Å². The average Bonchev–Trinajstić information content (AvgIpc) is 2.01. The van der Waals surface area contributed by atoms with Crippen LogP contribution in [0, 0.1) is 5.41 Å². The van der Waals surface area contributed by atoms with Crippen LogP contribution in [0.2, 0.25) is 0 Å². The van der Waals surface area contributed by atoms with E-state index in [0.29, 0.717) is 11.5 Å². The third-order valence-electron chi connectivity index (χ3n) is 2.17. The summed E-state index contributed by atoms with van der Waals surface area (Å²) in [7, 11) is 0. The van der Waals surface area contributed by atoms with E-state index in [4.69, 9.17) is 0 Å². The summed E-state index contributed by atoms with van der Waals surface area (Å²) in [6.45, 7) is 10.3. The van der Waals surface area contributed by atoms with Gasteiger partial charge in [-0.25, -0.2) is 0 Å². The number of rotatable bonds is 6. The lowest BCUT2D eigenvalue weighted by atomic mass is 9.92. The maximum Gasteiger partial charge on any atom is 0.0155 e. The van der Waals surface area contributed by atoms with Crippen molar-refractivity contribution < 1.29 is 0 Å². The molecule has 0 aromatic carbocycles. The Labute approximate surface area is 88.1 Å². The van der Waals surface area contributed by atoms with Crippen LogP contribution in [-0.4, -0.2) is 24.6 Å². The topological polar surface area (TPSA) is 12.0 Å². The van der Waals surface area contributed by atoms with E-state index >= 15 is 0 Å². The van der Waals surface area contributed by atoms with Gasteiger partial charge < -0.3 is 5.32 Å². The van der Waals surface area contributed by atoms with Crippen molar-refractivity contribution in [3.63, 3.8) is 0 Å². The Morgan fingerprint density at radius 1 is 1.31 bits per heavy atom. The molecule has 0 amide bonds. The molecule has 0 aliphatic rings. The van der Waals surface area contributed by atoms with E-state index in [1.807, 2.05) is 11.8 Å². The fraction of sp³-hybridized carbons (Fsp3) is 1.00. The molecule has 80 valence electrons. The molecule has 0 aromatic heterocycles. The summed E-state index contributed by atoms with van der Waals surface area (Å²) in [5.74, 6) is 1.24. The second kappa shape index (κ2) is 6.72. The van der Waals surface area contributed by atoms with Gasteiger partial charge in [-0.15, -0.1) is 0 Å². The minimum atomic E-state index is 0.463. The zero-order chi connectivity index (χ0) is 10.3. The van der Waals surface area contributed by atoms with Crippen molar-refractivity contribution in [1.29, 1.82) is 0 Å². The normalized spacial score (nSPS) is 14.5. The van der Waals surface area contributed by atoms with E-state index in [0.717, 1.165) is 6.54 Å². The van der Waals surface area contributed by atoms with E-state index in [2.05, 4.69) is 39.3 Å². The summed E-state index contributed by atoms with van der Waals surface area (Å²) in [5, 5.41) is 3.61. The van der Waals surface area contributed by atoms with Crippen LogP contribution in [0.1, 0.15) is 40.5 Å². The minimum absolute atomic E-state index is 0.463. The summed E-state index contributed by atoms with van der Waals surface area (Å²) in [4.78, 5) is 0. The largest absolute Gasteiger partial charge is 0.313 e. The highest BCUT2D eigenvalue weighted by atomic mass is 32.2. The van der Waals surface area contributed by atoms with Gasteiger partial charge in [0.25, 0.3) is 0 Å². The smallest absolute Gasteiger partial charge is 0.0155 e. The van der Waals surface area contributed by atoms with Crippen LogP contribution in [0.3, 0.4) is 0 Å². The molecule has 0 heterocycles. The zero-order valence-corrected chi connectivity index (χ0v) is 10.6. The Kier molecular flexibility index (Phi) is 6.88. The first kappa shape index (κ1) is 13.3. The van der Waals surface area contributed by atoms with Crippen molar-refractivity contribution in [1.82, 2.24) is 5.32 Å². The summed E-state index contributed by atoms with van der Waals surface area (Å²) < 4.78 is 0. The van der Waals surface area contributed by atoms with Crippen LogP contribution in [-0.2, 0) is 0 Å². The van der Waals surface area contributed by atoms with Crippen molar-refractivity contribution in [2.75, 3.05) is 18.6 Å². The Hall–Kier alpha value is 0.310. The predicted molar refractivity (Wildman–Crippen MR) is 64.5 cm³/mol. The van der Waals surface area contributed by atoms with Gasteiger partial charge in [0.15, 0.2) is 0 Å². The van der Waals surface area contributed by atoms with Crippen molar-refractivity contribution in [3.8, 4) is 0 Å². The van der Waals surface area contributed by atoms with Gasteiger partial charge >= 0.3 is 0 Å². The van der Waals surface area contributed by atoms with Crippen molar-refractivity contribution >= 4 is 11.8 Å². The number of thioether (sulfide) groups is 1. The van der Waals surface area contributed by atoms with Gasteiger partial charge in [0.05, 0.1) is 0 Å². The molecule has 0 fully saturated rings. The molecule has 2 heteroatoms. The molecule has 0 saturated carbocycles. The van der Waals surface area contributed by atoms with E-state index in [1.54, 1.807) is 0 Å². The van der Waals surface area contributed by atoms with Crippen LogP contribution < -0.4 is 5.32 Å². The van der Waals surface area contributed by atoms with Gasteiger partial charge in [0.1, 0.15) is 0 Å². The first-order chi connectivity index (χ1) is 5.99. The summed E-state index contributed by atoms with van der Waals surface area (Å²) >= 11 is 1.93. The molecule has 0 bridgehead atoms. The Morgan fingerprint density at radius 3 is 2.31 bits per heavy atom. The average molecular weight is 203 g/mol. The highest BCUT2D eigenvalue weighted by Crippen LogP contribution is 2.17. The monoisotopic (exact) mass is 203 g/mol. The second-order valence-corrected chi connectivity index (χ2v) is 5.74. The van der Waals surface area contributed by atoms with Crippen LogP contribution in [0.25, 0.3) is 0 Å². The summed E-state index contributed by atoms with van der Waals surface area (Å²) in [6.07, 6.45) is 4.68. The molecule has 0 rings (SSSR count). The lowest BCUT2D eigenvalue weighted by molar-refractivity contribution is 0.356. The first-order valence-corrected chi connectivity index (χ1v) is 6.61. The second-order valence-electron chi connectivity index (χ2n) is 4.83. The third-order valence-corrected chi connectivity index (χ3v) is 2.90. The van der Waals surface area contributed by atoms with Gasteiger partial charge in [0.2, 0.25) is 0 Å². The maximum absolute atomic E-state index is 3.61. The lowest BCUT2D eigenvalue weighted by Crippen LogP contribution is -2.33. The molecule has 0 radical (unpaired) electrons. The molecule has 1 unspecified atom stereocenters. The molecule has 1 N–H and O–H groups in total. The first-order valence-electron chi connectivity index (χ1n) is 5.22. The number of nitrogens with one attached hydrogen (secondary N) is 1. The quantitative estimate of drug-likeness (QED) is 0.712. The maximum atomic E-state index is 3.61. The Bertz CT molecular complexity index is 118. The third kappa shape index (κ3) is 8.63. The molecule has 0 aromatic rings. The summed E-state index contributed by atoms with van der Waals surface area (Å²) in [6, 6.07) is 0.706. The molecule has 0 aliphatic heterocycles. The van der Waals surface area contributed by atoms with Gasteiger partial charge in [-0.3, -0.25) is 0 Å². The van der Waals surface area contributed by atoms with Crippen LogP contribution in [0.15, 0.2) is 0 Å². The molecular formula is C11H25NS. The van der Waals surface area contributed by atoms with E-state index in [1.165, 1.54) is 18.6 Å². The molecular weight excluding hydrogens is 178 g/mol. The van der Waals surface area contributed by atoms with E-state index in [-0.39, 0.29) is 0 Å². The van der Waals surface area contributed by atoms with Crippen molar-refractivity contribution in [2.24, 2.45) is 5.41 Å². The number of hydrogen-bond donors (Lipinski definition) is 1. The minimum Gasteiger partial charge on any atom is -0.313 e. The van der Waals surface area contributed by atoms with Crippen LogP contribution >= 0.6 is 11.8 Å². The Morgan fingerprint density at radius 2 is 1.92 bits per heavy atom. The highest BCUT2D eigenvalue weighted by Gasteiger charge is 2.10. The van der Waals surface area contributed by atoms with Crippen LogP contribution in [0.5, 0.6) is 0 Å². The van der Waals surface area contributed by atoms with E-state index < -0.39 is 0 Å². The highest BCUT2D eigenvalue weighted by molar-refractivity contribution is 7.98. The van der Waals surface area contributed by atoms with Gasteiger partial charge in [0, 0.05) is 11.8 Å². The number of hydrogen-bond acceptors (Lipinski definition) is 2. The van der Waals surface area contributed by atoms with Crippen molar-refractivity contribution in [2.45, 2.75) is 46.6 Å². The van der Waals surface area contributed by atoms with Gasteiger partial charge in [-0.1, -0.05) is 27.7 Å².